The van der Waals surface area contributed by atoms with E-state index in [4.69, 9.17) is 22.1 Å². The van der Waals surface area contributed by atoms with Gasteiger partial charge in [0.05, 0.1) is 11.0 Å². The Morgan fingerprint density at radius 3 is 2.86 bits per heavy atom. The number of halogens is 2. The van der Waals surface area contributed by atoms with Crippen LogP contribution in [0.5, 0.6) is 0 Å². The lowest BCUT2D eigenvalue weighted by Crippen LogP contribution is -2.47. The van der Waals surface area contributed by atoms with Gasteiger partial charge in [-0.15, -0.1) is 12.4 Å². The second kappa shape index (κ2) is 8.64. The first-order valence-corrected chi connectivity index (χ1v) is 7.32. The second-order valence-corrected chi connectivity index (χ2v) is 5.69. The molecule has 1 aromatic rings. The van der Waals surface area contributed by atoms with Crippen LogP contribution in [0.25, 0.3) is 0 Å². The van der Waals surface area contributed by atoms with Gasteiger partial charge in [0, 0.05) is 38.9 Å². The molecule has 1 aliphatic rings. The Morgan fingerprint density at radius 1 is 1.55 bits per heavy atom. The van der Waals surface area contributed by atoms with E-state index < -0.39 is 4.92 Å². The van der Waals surface area contributed by atoms with Crippen LogP contribution in [0.15, 0.2) is 18.2 Å². The van der Waals surface area contributed by atoms with Crippen LogP contribution < -0.4 is 5.73 Å². The molecule has 0 radical (unpaired) electrons. The maximum Gasteiger partial charge on any atom is 0.288 e. The number of piperidine rings is 1. The van der Waals surface area contributed by atoms with Gasteiger partial charge >= 0.3 is 0 Å². The topological polar surface area (TPSA) is 81.6 Å². The van der Waals surface area contributed by atoms with E-state index in [1.54, 1.807) is 13.2 Å². The van der Waals surface area contributed by atoms with Crippen molar-refractivity contribution in [3.63, 3.8) is 0 Å². The molecule has 0 spiro atoms. The Balaban J connectivity index is 0.00000242. The molecule has 1 saturated heterocycles. The molecule has 2 rings (SSSR count). The van der Waals surface area contributed by atoms with Crippen LogP contribution in [-0.2, 0) is 11.3 Å². The largest absolute Gasteiger partial charge is 0.381 e. The van der Waals surface area contributed by atoms with Crippen molar-refractivity contribution < 1.29 is 9.66 Å². The quantitative estimate of drug-likeness (QED) is 0.652. The van der Waals surface area contributed by atoms with Crippen molar-refractivity contribution in [2.45, 2.75) is 31.5 Å². The van der Waals surface area contributed by atoms with Gasteiger partial charge in [-0.1, -0.05) is 17.7 Å². The van der Waals surface area contributed by atoms with E-state index in [-0.39, 0.29) is 35.3 Å². The third-order valence-corrected chi connectivity index (χ3v) is 4.31. The van der Waals surface area contributed by atoms with Gasteiger partial charge in [0.25, 0.3) is 5.69 Å². The number of methoxy groups -OCH3 is 1. The minimum Gasteiger partial charge on any atom is -0.381 e. The minimum absolute atomic E-state index is 0. The fraction of sp³-hybridized carbons (Fsp3) is 0.571. The lowest BCUT2D eigenvalue weighted by atomic mass is 9.98. The van der Waals surface area contributed by atoms with Crippen molar-refractivity contribution in [3.05, 3.63) is 38.9 Å². The minimum atomic E-state index is -0.455. The number of nitrogens with two attached hydrogens (primary N) is 1. The summed E-state index contributed by atoms with van der Waals surface area (Å²) >= 11 is 5.84. The molecule has 1 fully saturated rings. The van der Waals surface area contributed by atoms with Gasteiger partial charge < -0.3 is 10.5 Å². The molecule has 1 aromatic carbocycles. The average Bonchev–Trinajstić information content (AvgIpc) is 2.49. The first-order valence-electron chi connectivity index (χ1n) is 6.95. The van der Waals surface area contributed by atoms with E-state index in [0.29, 0.717) is 13.1 Å². The number of nitro groups is 1. The predicted octanol–water partition coefficient (Wildman–Crippen LogP) is 2.61. The van der Waals surface area contributed by atoms with Crippen LogP contribution in [0.4, 0.5) is 5.69 Å². The van der Waals surface area contributed by atoms with Gasteiger partial charge in [0.1, 0.15) is 5.02 Å². The van der Waals surface area contributed by atoms with Crippen molar-refractivity contribution >= 4 is 29.7 Å². The maximum atomic E-state index is 10.9. The standard InChI is InChI=1S/C14H20ClN3O3.ClH/c1-21-12-4-5-17(11(7-12)8-16)9-10-2-3-13(15)14(6-10)18(19)20;/h2-3,6,11-12H,4-5,7-9,16H2,1H3;1H. The molecule has 0 amide bonds. The zero-order valence-corrected chi connectivity index (χ0v) is 14.0. The van der Waals surface area contributed by atoms with Crippen molar-refractivity contribution in [1.29, 1.82) is 0 Å². The van der Waals surface area contributed by atoms with Crippen LogP contribution in [-0.4, -0.2) is 42.2 Å². The summed E-state index contributed by atoms with van der Waals surface area (Å²) in [5.74, 6) is 0. The van der Waals surface area contributed by atoms with E-state index >= 15 is 0 Å². The molecule has 6 nitrogen and oxygen atoms in total. The smallest absolute Gasteiger partial charge is 0.288 e. The zero-order valence-electron chi connectivity index (χ0n) is 12.4. The number of nitrogens with zero attached hydrogens (tertiary/aromatic N) is 2. The SMILES string of the molecule is COC1CCN(Cc2ccc(Cl)c([N+](=O)[O-])c2)C(CN)C1.Cl. The molecule has 2 atom stereocenters. The molecule has 1 aliphatic heterocycles. The maximum absolute atomic E-state index is 10.9. The highest BCUT2D eigenvalue weighted by Gasteiger charge is 2.27. The van der Waals surface area contributed by atoms with Gasteiger partial charge in [-0.25, -0.2) is 0 Å². The first kappa shape index (κ1) is 19.1. The molecule has 0 saturated carbocycles. The summed E-state index contributed by atoms with van der Waals surface area (Å²) in [6.45, 7) is 2.06. The van der Waals surface area contributed by atoms with Gasteiger partial charge in [-0.3, -0.25) is 15.0 Å². The van der Waals surface area contributed by atoms with E-state index in [1.165, 1.54) is 6.07 Å². The molecule has 2 unspecified atom stereocenters. The number of hydrogen-bond acceptors (Lipinski definition) is 5. The van der Waals surface area contributed by atoms with E-state index in [0.717, 1.165) is 24.9 Å². The van der Waals surface area contributed by atoms with Crippen LogP contribution >= 0.6 is 24.0 Å². The van der Waals surface area contributed by atoms with Crippen LogP contribution in [0.3, 0.4) is 0 Å². The van der Waals surface area contributed by atoms with Gasteiger partial charge in [-0.2, -0.15) is 0 Å². The molecule has 1 heterocycles. The highest BCUT2D eigenvalue weighted by atomic mass is 35.5. The van der Waals surface area contributed by atoms with Crippen molar-refractivity contribution in [3.8, 4) is 0 Å². The molecule has 0 aliphatic carbocycles. The molecular weight excluding hydrogens is 329 g/mol. The number of nitro benzene ring substituents is 1. The summed E-state index contributed by atoms with van der Waals surface area (Å²) in [6, 6.07) is 5.18. The molecular formula is C14H21Cl2N3O3. The van der Waals surface area contributed by atoms with E-state index in [9.17, 15) is 10.1 Å². The van der Waals surface area contributed by atoms with Crippen molar-refractivity contribution in [1.82, 2.24) is 4.90 Å². The number of benzene rings is 1. The molecule has 0 aromatic heterocycles. The fourth-order valence-corrected chi connectivity index (χ4v) is 2.95. The van der Waals surface area contributed by atoms with E-state index in [1.807, 2.05) is 6.07 Å². The Kier molecular flexibility index (Phi) is 7.52. The van der Waals surface area contributed by atoms with Crippen molar-refractivity contribution in [2.24, 2.45) is 5.73 Å². The third kappa shape index (κ3) is 4.54. The van der Waals surface area contributed by atoms with Gasteiger partial charge in [-0.05, 0) is 24.5 Å². The first-order chi connectivity index (χ1) is 10.0. The Hall–Kier alpha value is -0.920. The number of ether oxygens (including phenoxy) is 1. The monoisotopic (exact) mass is 349 g/mol. The Morgan fingerprint density at radius 2 is 2.27 bits per heavy atom. The summed E-state index contributed by atoms with van der Waals surface area (Å²) in [5.41, 5.74) is 6.66. The zero-order chi connectivity index (χ0) is 15.4. The van der Waals surface area contributed by atoms with Crippen LogP contribution in [0, 0.1) is 10.1 Å². The highest BCUT2D eigenvalue weighted by Crippen LogP contribution is 2.27. The molecule has 8 heteroatoms. The third-order valence-electron chi connectivity index (χ3n) is 3.99. The van der Waals surface area contributed by atoms with Gasteiger partial charge in [0.2, 0.25) is 0 Å². The summed E-state index contributed by atoms with van der Waals surface area (Å²) < 4.78 is 5.40. The Labute approximate surface area is 141 Å². The van der Waals surface area contributed by atoms with Gasteiger partial charge in [0.15, 0.2) is 0 Å². The highest BCUT2D eigenvalue weighted by molar-refractivity contribution is 6.32. The van der Waals surface area contributed by atoms with Crippen LogP contribution in [0.1, 0.15) is 18.4 Å². The van der Waals surface area contributed by atoms with Crippen LogP contribution in [0.2, 0.25) is 5.02 Å². The Bertz CT molecular complexity index is 516. The molecule has 22 heavy (non-hydrogen) atoms. The normalized spacial score (nSPS) is 22.1. The molecule has 0 bridgehead atoms. The van der Waals surface area contributed by atoms with E-state index in [2.05, 4.69) is 4.90 Å². The fourth-order valence-electron chi connectivity index (χ4n) is 2.76. The second-order valence-electron chi connectivity index (χ2n) is 5.28. The van der Waals surface area contributed by atoms with Crippen molar-refractivity contribution in [2.75, 3.05) is 20.2 Å². The molecule has 2 N–H and O–H groups in total. The average molecular weight is 350 g/mol. The summed E-state index contributed by atoms with van der Waals surface area (Å²) in [6.07, 6.45) is 2.08. The number of hydrogen-bond donors (Lipinski definition) is 1. The lowest BCUT2D eigenvalue weighted by Gasteiger charge is -2.38. The predicted molar refractivity (Wildman–Crippen MR) is 88.6 cm³/mol. The molecule has 124 valence electrons. The summed E-state index contributed by atoms with van der Waals surface area (Å²) in [7, 11) is 1.72. The number of likely N-dealkylation sites (tertiary alicyclic amines) is 1. The number of rotatable bonds is 5. The lowest BCUT2D eigenvalue weighted by molar-refractivity contribution is -0.384. The summed E-state index contributed by atoms with van der Waals surface area (Å²) in [4.78, 5) is 12.7. The summed E-state index contributed by atoms with van der Waals surface area (Å²) in [5, 5.41) is 11.1.